The van der Waals surface area contributed by atoms with E-state index in [4.69, 9.17) is 14.2 Å². The molecule has 0 atom stereocenters. The quantitative estimate of drug-likeness (QED) is 0.618. The standard InChI is InChI=1S/C19H31N3O4/c1-24-18(25-2)15-21-19(23)20-14-16-8-10-22(11-9-16)12-13-26-17-6-4-3-5-7-17/h3-7,16,18H,8-15H2,1-2H3,(H2,20,21,23). The Morgan fingerprint density at radius 2 is 1.85 bits per heavy atom. The number of para-hydroxylation sites is 1. The van der Waals surface area contributed by atoms with Crippen LogP contribution in [0.4, 0.5) is 4.79 Å². The number of urea groups is 1. The van der Waals surface area contributed by atoms with E-state index in [0.717, 1.165) is 38.2 Å². The van der Waals surface area contributed by atoms with Crippen LogP contribution in [-0.2, 0) is 9.47 Å². The molecule has 0 spiro atoms. The summed E-state index contributed by atoms with van der Waals surface area (Å²) in [6.45, 7) is 4.76. The summed E-state index contributed by atoms with van der Waals surface area (Å²) < 4.78 is 15.8. The molecule has 1 fully saturated rings. The molecule has 0 radical (unpaired) electrons. The number of methoxy groups -OCH3 is 2. The van der Waals surface area contributed by atoms with Gasteiger partial charge in [0.2, 0.25) is 0 Å². The number of carbonyl (C=O) groups is 1. The molecule has 7 heteroatoms. The first-order valence-corrected chi connectivity index (χ1v) is 9.18. The van der Waals surface area contributed by atoms with Crippen molar-refractivity contribution in [2.75, 3.05) is 53.6 Å². The van der Waals surface area contributed by atoms with Gasteiger partial charge in [-0.2, -0.15) is 0 Å². The number of hydrogen-bond acceptors (Lipinski definition) is 5. The summed E-state index contributed by atoms with van der Waals surface area (Å²) in [7, 11) is 3.10. The van der Waals surface area contributed by atoms with Gasteiger partial charge in [0.25, 0.3) is 0 Å². The highest BCUT2D eigenvalue weighted by atomic mass is 16.7. The van der Waals surface area contributed by atoms with E-state index < -0.39 is 6.29 Å². The molecule has 7 nitrogen and oxygen atoms in total. The van der Waals surface area contributed by atoms with Gasteiger partial charge in [-0.25, -0.2) is 4.79 Å². The molecule has 146 valence electrons. The summed E-state index contributed by atoms with van der Waals surface area (Å²) in [5.74, 6) is 1.44. The first-order valence-electron chi connectivity index (χ1n) is 9.18. The Morgan fingerprint density at radius 3 is 2.50 bits per heavy atom. The van der Waals surface area contributed by atoms with Gasteiger partial charge in [0.15, 0.2) is 6.29 Å². The van der Waals surface area contributed by atoms with Crippen LogP contribution in [0.2, 0.25) is 0 Å². The van der Waals surface area contributed by atoms with Gasteiger partial charge in [0.05, 0.1) is 6.54 Å². The average molecular weight is 365 g/mol. The van der Waals surface area contributed by atoms with Gasteiger partial charge >= 0.3 is 6.03 Å². The predicted octanol–water partition coefficient (Wildman–Crippen LogP) is 1.70. The maximum Gasteiger partial charge on any atom is 0.314 e. The van der Waals surface area contributed by atoms with Gasteiger partial charge < -0.3 is 24.8 Å². The van der Waals surface area contributed by atoms with Crippen LogP contribution in [0.25, 0.3) is 0 Å². The Morgan fingerprint density at radius 1 is 1.15 bits per heavy atom. The van der Waals surface area contributed by atoms with E-state index in [0.29, 0.717) is 25.6 Å². The third kappa shape index (κ3) is 7.59. The molecule has 1 aliphatic heterocycles. The van der Waals surface area contributed by atoms with E-state index >= 15 is 0 Å². The number of amides is 2. The second kappa shape index (κ2) is 11.7. The van der Waals surface area contributed by atoms with E-state index in [1.807, 2.05) is 30.3 Å². The summed E-state index contributed by atoms with van der Waals surface area (Å²) in [6, 6.07) is 9.72. The zero-order chi connectivity index (χ0) is 18.6. The summed E-state index contributed by atoms with van der Waals surface area (Å²) in [4.78, 5) is 14.2. The van der Waals surface area contributed by atoms with E-state index in [9.17, 15) is 4.79 Å². The molecule has 2 amide bonds. The maximum atomic E-state index is 11.8. The van der Waals surface area contributed by atoms with Crippen molar-refractivity contribution < 1.29 is 19.0 Å². The zero-order valence-corrected chi connectivity index (χ0v) is 15.8. The average Bonchev–Trinajstić information content (AvgIpc) is 2.69. The van der Waals surface area contributed by atoms with Crippen LogP contribution < -0.4 is 15.4 Å². The molecule has 1 aliphatic rings. The summed E-state index contributed by atoms with van der Waals surface area (Å²) in [6.07, 6.45) is 1.76. The molecule has 1 aromatic rings. The first kappa shape index (κ1) is 20.5. The van der Waals surface area contributed by atoms with Gasteiger partial charge in [-0.3, -0.25) is 4.90 Å². The molecular weight excluding hydrogens is 334 g/mol. The highest BCUT2D eigenvalue weighted by molar-refractivity contribution is 5.73. The zero-order valence-electron chi connectivity index (χ0n) is 15.8. The molecule has 1 aromatic carbocycles. The van der Waals surface area contributed by atoms with Crippen molar-refractivity contribution in [3.63, 3.8) is 0 Å². The first-order chi connectivity index (χ1) is 12.7. The second-order valence-electron chi connectivity index (χ2n) is 6.44. The van der Waals surface area contributed by atoms with E-state index in [2.05, 4.69) is 15.5 Å². The number of ether oxygens (including phenoxy) is 3. The van der Waals surface area contributed by atoms with Crippen molar-refractivity contribution in [1.29, 1.82) is 0 Å². The summed E-state index contributed by atoms with van der Waals surface area (Å²) in [5.41, 5.74) is 0. The monoisotopic (exact) mass is 365 g/mol. The molecule has 0 bridgehead atoms. The number of rotatable bonds is 10. The van der Waals surface area contributed by atoms with Crippen LogP contribution in [0.15, 0.2) is 30.3 Å². The minimum Gasteiger partial charge on any atom is -0.492 e. The highest BCUT2D eigenvalue weighted by Gasteiger charge is 2.19. The fraction of sp³-hybridized carbons (Fsp3) is 0.632. The van der Waals surface area contributed by atoms with Crippen LogP contribution in [0, 0.1) is 5.92 Å². The van der Waals surface area contributed by atoms with Crippen LogP contribution >= 0.6 is 0 Å². The fourth-order valence-corrected chi connectivity index (χ4v) is 2.96. The van der Waals surface area contributed by atoms with E-state index in [-0.39, 0.29) is 6.03 Å². The Labute approximate surface area is 156 Å². The van der Waals surface area contributed by atoms with E-state index in [1.54, 1.807) is 14.2 Å². The Hall–Kier alpha value is -1.83. The number of nitrogens with one attached hydrogen (secondary N) is 2. The largest absolute Gasteiger partial charge is 0.492 e. The summed E-state index contributed by atoms with van der Waals surface area (Å²) in [5, 5.41) is 5.68. The number of likely N-dealkylation sites (tertiary alicyclic amines) is 1. The second-order valence-corrected chi connectivity index (χ2v) is 6.44. The number of hydrogen-bond donors (Lipinski definition) is 2. The third-order valence-electron chi connectivity index (χ3n) is 4.63. The van der Waals surface area contributed by atoms with Crippen LogP contribution in [-0.4, -0.2) is 70.8 Å². The number of carbonyl (C=O) groups excluding carboxylic acids is 1. The van der Waals surface area contributed by atoms with E-state index in [1.165, 1.54) is 0 Å². The molecular formula is C19H31N3O4. The van der Waals surface area contributed by atoms with Crippen molar-refractivity contribution in [1.82, 2.24) is 15.5 Å². The summed E-state index contributed by atoms with van der Waals surface area (Å²) >= 11 is 0. The topological polar surface area (TPSA) is 72.1 Å². The van der Waals surface area contributed by atoms with Crippen molar-refractivity contribution in [2.45, 2.75) is 19.1 Å². The lowest BCUT2D eigenvalue weighted by Crippen LogP contribution is -2.44. The number of nitrogens with zero attached hydrogens (tertiary/aromatic N) is 1. The molecule has 0 aliphatic carbocycles. The molecule has 1 saturated heterocycles. The molecule has 2 N–H and O–H groups in total. The number of benzene rings is 1. The van der Waals surface area contributed by atoms with Crippen LogP contribution in [0.1, 0.15) is 12.8 Å². The van der Waals surface area contributed by atoms with Crippen molar-refractivity contribution >= 4 is 6.03 Å². The van der Waals surface area contributed by atoms with Crippen molar-refractivity contribution in [3.8, 4) is 5.75 Å². The molecule has 0 unspecified atom stereocenters. The highest BCUT2D eigenvalue weighted by Crippen LogP contribution is 2.16. The van der Waals surface area contributed by atoms with Crippen LogP contribution in [0.5, 0.6) is 5.75 Å². The van der Waals surface area contributed by atoms with Gasteiger partial charge in [0, 0.05) is 27.3 Å². The normalized spacial score (nSPS) is 15.8. The van der Waals surface area contributed by atoms with Gasteiger partial charge in [-0.1, -0.05) is 18.2 Å². The maximum absolute atomic E-state index is 11.8. The fourth-order valence-electron chi connectivity index (χ4n) is 2.96. The SMILES string of the molecule is COC(CNC(=O)NCC1CCN(CCOc2ccccc2)CC1)OC. The van der Waals surface area contributed by atoms with Gasteiger partial charge in [0.1, 0.15) is 12.4 Å². The van der Waals surface area contributed by atoms with Gasteiger partial charge in [-0.05, 0) is 44.0 Å². The Kier molecular flexibility index (Phi) is 9.23. The lowest BCUT2D eigenvalue weighted by atomic mass is 9.97. The van der Waals surface area contributed by atoms with Gasteiger partial charge in [-0.15, -0.1) is 0 Å². The van der Waals surface area contributed by atoms with Crippen molar-refractivity contribution in [2.24, 2.45) is 5.92 Å². The van der Waals surface area contributed by atoms with Crippen LogP contribution in [0.3, 0.4) is 0 Å². The minimum absolute atomic E-state index is 0.178. The smallest absolute Gasteiger partial charge is 0.314 e. The van der Waals surface area contributed by atoms with Crippen molar-refractivity contribution in [3.05, 3.63) is 30.3 Å². The number of piperidine rings is 1. The lowest BCUT2D eigenvalue weighted by Gasteiger charge is -2.31. The lowest BCUT2D eigenvalue weighted by molar-refractivity contribution is -0.0971. The Bertz CT molecular complexity index is 503. The molecule has 0 aromatic heterocycles. The molecule has 26 heavy (non-hydrogen) atoms. The minimum atomic E-state index is -0.415. The molecule has 1 heterocycles. The Balaban J connectivity index is 1.53. The molecule has 2 rings (SSSR count). The predicted molar refractivity (Wildman–Crippen MR) is 100 cm³/mol. The third-order valence-corrected chi connectivity index (χ3v) is 4.63. The molecule has 0 saturated carbocycles.